The number of carbonyl (C=O) groups is 2. The van der Waals surface area contributed by atoms with Gasteiger partial charge < -0.3 is 9.64 Å². The van der Waals surface area contributed by atoms with Gasteiger partial charge in [-0.2, -0.15) is 12.7 Å². The Morgan fingerprint density at radius 2 is 1.85 bits per heavy atom. The Bertz CT molecular complexity index is 1490. The molecule has 10 nitrogen and oxygen atoms in total. The van der Waals surface area contributed by atoms with Gasteiger partial charge in [-0.25, -0.2) is 23.3 Å². The summed E-state index contributed by atoms with van der Waals surface area (Å²) < 4.78 is 60.2. The summed E-state index contributed by atoms with van der Waals surface area (Å²) >= 11 is 6.01. The molecule has 1 atom stereocenters. The highest BCUT2D eigenvalue weighted by molar-refractivity contribution is 7.87. The van der Waals surface area contributed by atoms with E-state index in [2.05, 4.69) is 15.0 Å². The molecule has 0 saturated heterocycles. The van der Waals surface area contributed by atoms with Gasteiger partial charge in [0.25, 0.3) is 10.2 Å². The quantitative estimate of drug-likeness (QED) is 0.277. The molecule has 0 aliphatic carbocycles. The van der Waals surface area contributed by atoms with Crippen molar-refractivity contribution in [2.45, 2.75) is 31.7 Å². The largest absolute Gasteiger partial charge is 0.447 e. The van der Waals surface area contributed by atoms with Crippen molar-refractivity contribution in [1.82, 2.24) is 18.9 Å². The predicted molar refractivity (Wildman–Crippen MR) is 153 cm³/mol. The smallest absolute Gasteiger partial charge is 0.412 e. The monoisotopic (exact) mass is 611 g/mol. The number of halogens is 3. The lowest BCUT2D eigenvalue weighted by Gasteiger charge is -2.28. The van der Waals surface area contributed by atoms with E-state index in [1.165, 1.54) is 55.5 Å². The van der Waals surface area contributed by atoms with Crippen LogP contribution in [-0.2, 0) is 26.2 Å². The van der Waals surface area contributed by atoms with Gasteiger partial charge in [0, 0.05) is 45.7 Å². The van der Waals surface area contributed by atoms with E-state index in [0.717, 1.165) is 4.31 Å². The van der Waals surface area contributed by atoms with E-state index in [1.807, 2.05) is 0 Å². The molecular weight excluding hydrogens is 580 g/mol. The van der Waals surface area contributed by atoms with Crippen molar-refractivity contribution in [2.24, 2.45) is 0 Å². The summed E-state index contributed by atoms with van der Waals surface area (Å²) in [6.07, 6.45) is 1.52. The summed E-state index contributed by atoms with van der Waals surface area (Å²) in [6.45, 7) is -0.0981. The maximum atomic E-state index is 13.8. The van der Waals surface area contributed by atoms with Crippen molar-refractivity contribution in [2.75, 3.05) is 39.6 Å². The van der Waals surface area contributed by atoms with Gasteiger partial charge in [-0.05, 0) is 60.5 Å². The fourth-order valence-electron chi connectivity index (χ4n) is 3.91. The molecule has 222 valence electrons. The second-order valence-corrected chi connectivity index (χ2v) is 11.8. The Morgan fingerprint density at radius 1 is 1.10 bits per heavy atom. The lowest BCUT2D eigenvalue weighted by atomic mass is 10.1. The molecule has 14 heteroatoms. The zero-order valence-electron chi connectivity index (χ0n) is 22.9. The summed E-state index contributed by atoms with van der Waals surface area (Å²) in [5, 5.41) is 3.67. The van der Waals surface area contributed by atoms with Crippen LogP contribution in [-0.4, -0.2) is 74.9 Å². The summed E-state index contributed by atoms with van der Waals surface area (Å²) in [6, 6.07) is 9.46. The van der Waals surface area contributed by atoms with Gasteiger partial charge in [-0.15, -0.1) is 0 Å². The van der Waals surface area contributed by atoms with E-state index >= 15 is 0 Å². The molecule has 1 heterocycles. The number of likely N-dealkylation sites (N-methyl/N-ethyl adjacent to an activating group) is 1. The normalized spacial score (nSPS) is 12.4. The van der Waals surface area contributed by atoms with Gasteiger partial charge >= 0.3 is 6.09 Å². The number of nitrogens with zero attached hydrogens (tertiary/aromatic N) is 3. The van der Waals surface area contributed by atoms with Crippen molar-refractivity contribution in [3.05, 3.63) is 70.9 Å². The Morgan fingerprint density at radius 3 is 2.59 bits per heavy atom. The Labute approximate surface area is 242 Å². The van der Waals surface area contributed by atoms with Crippen LogP contribution >= 0.6 is 11.6 Å². The minimum Gasteiger partial charge on any atom is -0.447 e. The number of amides is 2. The number of benzene rings is 2. The highest BCUT2D eigenvalue weighted by atomic mass is 35.5. The molecule has 41 heavy (non-hydrogen) atoms. The topological polar surface area (TPSA) is 121 Å². The molecule has 3 rings (SSSR count). The van der Waals surface area contributed by atoms with Gasteiger partial charge in [0.15, 0.2) is 0 Å². The molecular formula is C27H32ClF2N5O5S. The number of aryl methyl sites for hydroxylation is 1. The predicted octanol–water partition coefficient (Wildman–Crippen LogP) is 4.35. The third-order valence-corrected chi connectivity index (χ3v) is 8.33. The van der Waals surface area contributed by atoms with E-state index in [9.17, 15) is 26.8 Å². The van der Waals surface area contributed by atoms with Crippen LogP contribution in [0, 0.1) is 11.6 Å². The van der Waals surface area contributed by atoms with E-state index in [-0.39, 0.29) is 42.7 Å². The lowest BCUT2D eigenvalue weighted by Crippen LogP contribution is -2.42. The zero-order chi connectivity index (χ0) is 30.2. The summed E-state index contributed by atoms with van der Waals surface area (Å²) in [5.74, 6) is -1.15. The van der Waals surface area contributed by atoms with Crippen LogP contribution in [0.15, 0.2) is 48.7 Å². The first-order valence-electron chi connectivity index (χ1n) is 12.7. The van der Waals surface area contributed by atoms with E-state index in [1.54, 1.807) is 19.2 Å². The number of pyridine rings is 1. The van der Waals surface area contributed by atoms with Crippen LogP contribution in [0.25, 0.3) is 10.8 Å². The van der Waals surface area contributed by atoms with Gasteiger partial charge in [-0.3, -0.25) is 10.1 Å². The Kier molecular flexibility index (Phi) is 11.4. The molecule has 0 bridgehead atoms. The van der Waals surface area contributed by atoms with Crippen LogP contribution in [0.3, 0.4) is 0 Å². The SMILES string of the molecule is CN(C(=O)CCc1cccc(F)c1Cl)[C@@H](CCCNS(=O)(=O)N(C)C)COC(=O)Nc1cc2cc(F)ccc2cn1. The minimum atomic E-state index is -3.62. The molecule has 2 amide bonds. The van der Waals surface area contributed by atoms with Crippen molar-refractivity contribution in [1.29, 1.82) is 0 Å². The molecule has 0 fully saturated rings. The molecule has 0 aliphatic heterocycles. The number of anilines is 1. The molecule has 3 aromatic rings. The standard InChI is InChI=1S/C27H32ClF2N5O5S/c1-34(2)41(38,39)32-13-5-7-22(35(3)25(36)12-10-18-6-4-8-23(30)26(18)28)17-40-27(37)33-24-15-20-14-21(29)11-9-19(20)16-31-24/h4,6,8-9,11,14-16,22,32H,5,7,10,12-13,17H2,1-3H3,(H,31,33,37)/t22-/m0/s1. The molecule has 1 aromatic heterocycles. The van der Waals surface area contributed by atoms with Gasteiger partial charge in [0.1, 0.15) is 24.1 Å². The van der Waals surface area contributed by atoms with Crippen LogP contribution < -0.4 is 10.0 Å². The van der Waals surface area contributed by atoms with Crippen LogP contribution in [0.1, 0.15) is 24.8 Å². The van der Waals surface area contributed by atoms with Crippen molar-refractivity contribution >= 4 is 50.4 Å². The molecule has 0 unspecified atom stereocenters. The first kappa shape index (κ1) is 32.1. The Hall–Kier alpha value is -3.39. The number of hydrogen-bond acceptors (Lipinski definition) is 6. The number of nitrogens with one attached hydrogen (secondary N) is 2. The maximum Gasteiger partial charge on any atom is 0.412 e. The highest BCUT2D eigenvalue weighted by Gasteiger charge is 2.23. The Balaban J connectivity index is 1.63. The van der Waals surface area contributed by atoms with Gasteiger partial charge in [0.05, 0.1) is 11.1 Å². The molecule has 2 aromatic carbocycles. The number of hydrogen-bond donors (Lipinski definition) is 2. The lowest BCUT2D eigenvalue weighted by molar-refractivity contribution is -0.132. The number of fused-ring (bicyclic) bond motifs is 1. The highest BCUT2D eigenvalue weighted by Crippen LogP contribution is 2.22. The zero-order valence-corrected chi connectivity index (χ0v) is 24.4. The summed E-state index contributed by atoms with van der Waals surface area (Å²) in [7, 11) is 0.719. The number of rotatable bonds is 13. The summed E-state index contributed by atoms with van der Waals surface area (Å²) in [5.41, 5.74) is 0.487. The van der Waals surface area contributed by atoms with Crippen LogP contribution in [0.2, 0.25) is 5.02 Å². The fraction of sp³-hybridized carbons (Fsp3) is 0.370. The van der Waals surface area contributed by atoms with Crippen molar-refractivity contribution < 1.29 is 31.5 Å². The molecule has 2 N–H and O–H groups in total. The van der Waals surface area contributed by atoms with E-state index in [0.29, 0.717) is 29.2 Å². The number of aromatic nitrogens is 1. The fourth-order valence-corrected chi connectivity index (χ4v) is 4.79. The van der Waals surface area contributed by atoms with Crippen molar-refractivity contribution in [3.8, 4) is 0 Å². The average Bonchev–Trinajstić information content (AvgIpc) is 2.92. The number of ether oxygens (including phenoxy) is 1. The average molecular weight is 612 g/mol. The van der Waals surface area contributed by atoms with Gasteiger partial charge in [0.2, 0.25) is 5.91 Å². The van der Waals surface area contributed by atoms with Crippen LogP contribution in [0.4, 0.5) is 19.4 Å². The van der Waals surface area contributed by atoms with Gasteiger partial charge in [-0.1, -0.05) is 23.7 Å². The van der Waals surface area contributed by atoms with E-state index in [4.69, 9.17) is 16.3 Å². The molecule has 0 saturated carbocycles. The molecule has 0 radical (unpaired) electrons. The first-order chi connectivity index (χ1) is 19.4. The third kappa shape index (κ3) is 9.32. The second kappa shape index (κ2) is 14.5. The summed E-state index contributed by atoms with van der Waals surface area (Å²) in [4.78, 5) is 31.1. The van der Waals surface area contributed by atoms with Crippen LogP contribution in [0.5, 0.6) is 0 Å². The third-order valence-electron chi connectivity index (χ3n) is 6.38. The van der Waals surface area contributed by atoms with E-state index < -0.39 is 34.0 Å². The maximum absolute atomic E-state index is 13.8. The number of carbonyl (C=O) groups excluding carboxylic acids is 2. The minimum absolute atomic E-state index is 0.0210. The first-order valence-corrected chi connectivity index (χ1v) is 14.5. The molecule has 0 spiro atoms. The van der Waals surface area contributed by atoms with Crippen molar-refractivity contribution in [3.63, 3.8) is 0 Å². The molecule has 0 aliphatic rings. The second-order valence-electron chi connectivity index (χ2n) is 9.48.